The van der Waals surface area contributed by atoms with Gasteiger partial charge in [-0.2, -0.15) is 0 Å². The Bertz CT molecular complexity index is 941. The van der Waals surface area contributed by atoms with Crippen molar-refractivity contribution in [1.29, 1.82) is 0 Å². The molecule has 4 rings (SSSR count). The molecule has 2 heterocycles. The van der Waals surface area contributed by atoms with E-state index < -0.39 is 5.41 Å². The van der Waals surface area contributed by atoms with Crippen molar-refractivity contribution in [3.63, 3.8) is 0 Å². The normalized spacial score (nSPS) is 20.4. The number of rotatable bonds is 2. The van der Waals surface area contributed by atoms with E-state index in [1.165, 1.54) is 4.90 Å². The van der Waals surface area contributed by atoms with Crippen molar-refractivity contribution in [3.05, 3.63) is 96.3 Å². The summed E-state index contributed by atoms with van der Waals surface area (Å²) in [6, 6.07) is 19.1. The molecule has 0 N–H and O–H groups in total. The first-order valence-corrected chi connectivity index (χ1v) is 9.50. The minimum absolute atomic E-state index is 0.0631. The fourth-order valence-electron chi connectivity index (χ4n) is 4.05. The van der Waals surface area contributed by atoms with Crippen molar-refractivity contribution >= 4 is 11.8 Å². The van der Waals surface area contributed by atoms with Crippen LogP contribution in [0.15, 0.2) is 85.2 Å². The van der Waals surface area contributed by atoms with Crippen LogP contribution >= 0.6 is 0 Å². The van der Waals surface area contributed by atoms with Gasteiger partial charge < -0.3 is 4.90 Å². The molecule has 0 radical (unpaired) electrons. The van der Waals surface area contributed by atoms with E-state index in [0.717, 1.165) is 5.56 Å². The number of nitrogens with zero attached hydrogens (tertiary/aromatic N) is 2. The third-order valence-electron chi connectivity index (χ3n) is 5.41. The van der Waals surface area contributed by atoms with Gasteiger partial charge in [-0.25, -0.2) is 0 Å². The molecular weight excluding hydrogens is 348 g/mol. The average molecular weight is 372 g/mol. The average Bonchev–Trinajstić information content (AvgIpc) is 2.71. The van der Waals surface area contributed by atoms with Crippen LogP contribution in [0.3, 0.4) is 0 Å². The van der Waals surface area contributed by atoms with Crippen LogP contribution in [0.2, 0.25) is 0 Å². The molecule has 1 atom stereocenters. The summed E-state index contributed by atoms with van der Waals surface area (Å²) in [5, 5.41) is 0. The molecule has 2 aromatic carbocycles. The lowest BCUT2D eigenvalue weighted by Gasteiger charge is -2.59. The zero-order chi connectivity index (χ0) is 19.9. The SMILES string of the molecule is CC(C)(C)N1C(=O)C2(C=CN(C(=O)c3ccccc3)C=C2)C1c1ccccc1. The first-order valence-electron chi connectivity index (χ1n) is 9.50. The van der Waals surface area contributed by atoms with Crippen LogP contribution in [0.1, 0.15) is 42.7 Å². The second-order valence-corrected chi connectivity index (χ2v) is 8.30. The van der Waals surface area contributed by atoms with E-state index in [9.17, 15) is 9.59 Å². The molecule has 0 saturated carbocycles. The Morgan fingerprint density at radius 3 is 1.96 bits per heavy atom. The number of likely N-dealkylation sites (tertiary alicyclic amines) is 1. The molecule has 28 heavy (non-hydrogen) atoms. The number of β-lactam (4-membered cyclic amide) rings is 1. The number of carbonyl (C=O) groups excluding carboxylic acids is 2. The Morgan fingerprint density at radius 2 is 1.43 bits per heavy atom. The minimum Gasteiger partial charge on any atom is -0.328 e. The van der Waals surface area contributed by atoms with Gasteiger partial charge in [0.15, 0.2) is 0 Å². The number of carbonyl (C=O) groups is 2. The first kappa shape index (κ1) is 18.2. The lowest BCUT2D eigenvalue weighted by atomic mass is 9.65. The molecule has 0 aromatic heterocycles. The van der Waals surface area contributed by atoms with Crippen molar-refractivity contribution in [2.45, 2.75) is 32.4 Å². The Labute approximate surface area is 165 Å². The predicted molar refractivity (Wildman–Crippen MR) is 109 cm³/mol. The minimum atomic E-state index is -0.748. The lowest BCUT2D eigenvalue weighted by Crippen LogP contribution is -2.67. The molecule has 0 aliphatic carbocycles. The van der Waals surface area contributed by atoms with Gasteiger partial charge in [0.2, 0.25) is 5.91 Å². The molecule has 2 amide bonds. The topological polar surface area (TPSA) is 40.6 Å². The second kappa shape index (κ2) is 6.48. The largest absolute Gasteiger partial charge is 0.328 e. The molecule has 2 aromatic rings. The Morgan fingerprint density at radius 1 is 0.893 bits per heavy atom. The Kier molecular flexibility index (Phi) is 4.22. The third kappa shape index (κ3) is 2.76. The van der Waals surface area contributed by atoms with Gasteiger partial charge in [-0.05, 0) is 50.6 Å². The first-order chi connectivity index (χ1) is 13.3. The fourth-order valence-corrected chi connectivity index (χ4v) is 4.05. The Balaban J connectivity index is 1.67. The Hall–Kier alpha value is -3.14. The summed E-state index contributed by atoms with van der Waals surface area (Å²) >= 11 is 0. The van der Waals surface area contributed by atoms with E-state index in [2.05, 4.69) is 32.9 Å². The van der Waals surface area contributed by atoms with E-state index in [1.54, 1.807) is 24.5 Å². The molecule has 1 unspecified atom stereocenters. The zero-order valence-corrected chi connectivity index (χ0v) is 16.4. The molecule has 4 nitrogen and oxygen atoms in total. The summed E-state index contributed by atoms with van der Waals surface area (Å²) in [6.07, 6.45) is 7.19. The van der Waals surface area contributed by atoms with Gasteiger partial charge in [0.25, 0.3) is 5.91 Å². The number of hydrogen-bond acceptors (Lipinski definition) is 2. The van der Waals surface area contributed by atoms with Gasteiger partial charge >= 0.3 is 0 Å². The van der Waals surface area contributed by atoms with Crippen LogP contribution in [0, 0.1) is 5.41 Å². The third-order valence-corrected chi connectivity index (χ3v) is 5.41. The van der Waals surface area contributed by atoms with Crippen LogP contribution < -0.4 is 0 Å². The highest BCUT2D eigenvalue weighted by Gasteiger charge is 2.61. The lowest BCUT2D eigenvalue weighted by molar-refractivity contribution is -0.172. The standard InChI is InChI=1S/C24H24N2O2/c1-23(2,3)26-20(18-10-6-4-7-11-18)24(22(26)28)14-16-25(17-15-24)21(27)19-12-8-5-9-13-19/h4-17,20H,1-3H3. The maximum atomic E-state index is 13.2. The summed E-state index contributed by atoms with van der Waals surface area (Å²) in [7, 11) is 0. The molecule has 142 valence electrons. The highest BCUT2D eigenvalue weighted by molar-refractivity contribution is 5.98. The number of amides is 2. The molecule has 1 fully saturated rings. The van der Waals surface area contributed by atoms with Gasteiger partial charge in [0.05, 0.1) is 6.04 Å². The van der Waals surface area contributed by atoms with Crippen molar-refractivity contribution in [3.8, 4) is 0 Å². The predicted octanol–water partition coefficient (Wildman–Crippen LogP) is 4.54. The van der Waals surface area contributed by atoms with Crippen molar-refractivity contribution in [1.82, 2.24) is 9.80 Å². The molecule has 4 heteroatoms. The molecule has 0 bridgehead atoms. The van der Waals surface area contributed by atoms with Gasteiger partial charge in [-0.3, -0.25) is 14.5 Å². The van der Waals surface area contributed by atoms with Gasteiger partial charge in [-0.1, -0.05) is 48.5 Å². The summed E-state index contributed by atoms with van der Waals surface area (Å²) in [5.74, 6) is -0.0492. The van der Waals surface area contributed by atoms with Crippen molar-refractivity contribution in [2.24, 2.45) is 5.41 Å². The molecular formula is C24H24N2O2. The van der Waals surface area contributed by atoms with E-state index >= 15 is 0 Å². The van der Waals surface area contributed by atoms with Crippen LogP contribution in [-0.4, -0.2) is 27.2 Å². The molecule has 1 saturated heterocycles. The molecule has 1 spiro atoms. The monoisotopic (exact) mass is 372 g/mol. The van der Waals surface area contributed by atoms with Gasteiger partial charge in [-0.15, -0.1) is 0 Å². The highest BCUT2D eigenvalue weighted by Crippen LogP contribution is 2.56. The molecule has 2 aliphatic rings. The van der Waals surface area contributed by atoms with Crippen molar-refractivity contribution in [2.75, 3.05) is 0 Å². The van der Waals surface area contributed by atoms with Crippen molar-refractivity contribution < 1.29 is 9.59 Å². The van der Waals surface area contributed by atoms with E-state index in [4.69, 9.17) is 0 Å². The second-order valence-electron chi connectivity index (χ2n) is 8.30. The summed E-state index contributed by atoms with van der Waals surface area (Å²) in [4.78, 5) is 29.4. The molecule has 2 aliphatic heterocycles. The highest BCUT2D eigenvalue weighted by atomic mass is 16.2. The van der Waals surface area contributed by atoms with E-state index in [1.807, 2.05) is 53.5 Å². The van der Waals surface area contributed by atoms with E-state index in [-0.39, 0.29) is 23.4 Å². The van der Waals surface area contributed by atoms with Crippen LogP contribution in [0.25, 0.3) is 0 Å². The maximum Gasteiger partial charge on any atom is 0.261 e. The fraction of sp³-hybridized carbons (Fsp3) is 0.250. The van der Waals surface area contributed by atoms with E-state index in [0.29, 0.717) is 5.56 Å². The van der Waals surface area contributed by atoms with Crippen LogP contribution in [0.5, 0.6) is 0 Å². The quantitative estimate of drug-likeness (QED) is 0.726. The van der Waals surface area contributed by atoms with Gasteiger partial charge in [0.1, 0.15) is 5.41 Å². The summed E-state index contributed by atoms with van der Waals surface area (Å²) < 4.78 is 0. The van der Waals surface area contributed by atoms with Gasteiger partial charge in [0, 0.05) is 23.5 Å². The smallest absolute Gasteiger partial charge is 0.261 e. The number of hydrogen-bond donors (Lipinski definition) is 0. The maximum absolute atomic E-state index is 13.2. The van der Waals surface area contributed by atoms with Crippen LogP contribution in [0.4, 0.5) is 0 Å². The summed E-state index contributed by atoms with van der Waals surface area (Å²) in [5.41, 5.74) is 0.668. The van der Waals surface area contributed by atoms with Crippen LogP contribution in [-0.2, 0) is 4.79 Å². The number of benzene rings is 2. The summed E-state index contributed by atoms with van der Waals surface area (Å²) in [6.45, 7) is 6.15. The zero-order valence-electron chi connectivity index (χ0n) is 16.4.